The molecule has 3 saturated heterocycles. The second kappa shape index (κ2) is 10.8. The van der Waals surface area contributed by atoms with E-state index in [1.54, 1.807) is 30.1 Å². The molecule has 4 heterocycles. The zero-order chi connectivity index (χ0) is 29.7. The van der Waals surface area contributed by atoms with E-state index in [2.05, 4.69) is 5.32 Å². The predicted octanol–water partition coefficient (Wildman–Crippen LogP) is 3.39. The average molecular weight is 576 g/mol. The van der Waals surface area contributed by atoms with E-state index in [-0.39, 0.29) is 43.7 Å². The molecule has 12 heteroatoms. The first-order valence-electron chi connectivity index (χ1n) is 14.4. The molecule has 0 spiro atoms. The number of ether oxygens (including phenoxy) is 1. The van der Waals surface area contributed by atoms with Crippen molar-refractivity contribution in [3.63, 3.8) is 0 Å². The van der Waals surface area contributed by atoms with Gasteiger partial charge in [0, 0.05) is 33.1 Å². The molecule has 0 bridgehead atoms. The number of hydrogen-bond acceptors (Lipinski definition) is 6. The van der Waals surface area contributed by atoms with E-state index in [9.17, 15) is 19.2 Å². The third-order valence-electron chi connectivity index (χ3n) is 8.50. The minimum Gasteiger partial charge on any atom is -0.444 e. The Morgan fingerprint density at radius 2 is 1.76 bits per heavy atom. The lowest BCUT2D eigenvalue weighted by Gasteiger charge is -2.41. The molecule has 3 amide bonds. The highest BCUT2D eigenvalue weighted by atomic mass is 19.3. The lowest BCUT2D eigenvalue weighted by Crippen LogP contribution is -2.50. The molecule has 0 aliphatic carbocycles. The van der Waals surface area contributed by atoms with Gasteiger partial charge in [-0.15, -0.1) is 0 Å². The normalized spacial score (nSPS) is 24.5. The minimum absolute atomic E-state index is 0.130. The standard InChI is InChI=1S/C29H39F2N5O5/c1-28(2,3)41-27(40)35-13-9-18(10-14-35)16-34-12-11-20(29(30,31)17-34)19-5-6-21-23(15-19)33(4)26(39)36(21)22-7-8-24(37)32-25(22)38/h5-6,15,18,20,22H,7-14,16-17H2,1-4H3,(H,32,37,38). The highest BCUT2D eigenvalue weighted by molar-refractivity contribution is 6.00. The second-order valence-electron chi connectivity index (χ2n) is 12.7. The summed E-state index contributed by atoms with van der Waals surface area (Å²) in [5, 5.41) is 2.28. The van der Waals surface area contributed by atoms with Gasteiger partial charge in [-0.2, -0.15) is 0 Å². The van der Waals surface area contributed by atoms with Gasteiger partial charge in [-0.05, 0) is 76.6 Å². The van der Waals surface area contributed by atoms with Crippen LogP contribution in [0.4, 0.5) is 13.6 Å². The van der Waals surface area contributed by atoms with Crippen molar-refractivity contribution in [2.45, 2.75) is 76.4 Å². The third kappa shape index (κ3) is 6.02. The van der Waals surface area contributed by atoms with Crippen molar-refractivity contribution in [2.24, 2.45) is 13.0 Å². The van der Waals surface area contributed by atoms with Crippen LogP contribution >= 0.6 is 0 Å². The largest absolute Gasteiger partial charge is 0.444 e. The van der Waals surface area contributed by atoms with Crippen molar-refractivity contribution in [1.29, 1.82) is 0 Å². The maximum absolute atomic E-state index is 15.6. The van der Waals surface area contributed by atoms with Crippen LogP contribution in [0.25, 0.3) is 11.0 Å². The molecule has 5 rings (SSSR count). The quantitative estimate of drug-likeness (QED) is 0.561. The summed E-state index contributed by atoms with van der Waals surface area (Å²) < 4.78 is 39.3. The van der Waals surface area contributed by atoms with E-state index in [1.807, 2.05) is 25.7 Å². The van der Waals surface area contributed by atoms with Crippen LogP contribution in [0.1, 0.15) is 70.4 Å². The van der Waals surface area contributed by atoms with Gasteiger partial charge in [0.05, 0.1) is 23.5 Å². The van der Waals surface area contributed by atoms with E-state index >= 15 is 8.78 Å². The number of piperidine rings is 3. The number of rotatable bonds is 4. The molecule has 1 aromatic heterocycles. The number of benzene rings is 1. The zero-order valence-electron chi connectivity index (χ0n) is 24.1. The van der Waals surface area contributed by atoms with Crippen molar-refractivity contribution in [1.82, 2.24) is 24.3 Å². The second-order valence-corrected chi connectivity index (χ2v) is 12.7. The molecule has 3 fully saturated rings. The lowest BCUT2D eigenvalue weighted by atomic mass is 9.85. The highest BCUT2D eigenvalue weighted by Gasteiger charge is 2.46. The molecule has 1 aromatic carbocycles. The number of aromatic nitrogens is 2. The van der Waals surface area contributed by atoms with Gasteiger partial charge in [0.1, 0.15) is 11.6 Å². The van der Waals surface area contributed by atoms with Crippen LogP contribution in [-0.4, -0.2) is 81.1 Å². The molecule has 0 radical (unpaired) electrons. The smallest absolute Gasteiger partial charge is 0.410 e. The number of carbonyl (C=O) groups excluding carboxylic acids is 3. The first-order valence-corrected chi connectivity index (χ1v) is 14.4. The van der Waals surface area contributed by atoms with E-state index in [0.29, 0.717) is 42.8 Å². The number of imide groups is 1. The van der Waals surface area contributed by atoms with Gasteiger partial charge in [0.2, 0.25) is 11.8 Å². The van der Waals surface area contributed by atoms with E-state index < -0.39 is 35.1 Å². The summed E-state index contributed by atoms with van der Waals surface area (Å²) in [4.78, 5) is 53.0. The average Bonchev–Trinajstić information content (AvgIpc) is 3.12. The van der Waals surface area contributed by atoms with Gasteiger partial charge in [0.15, 0.2) is 0 Å². The molecular weight excluding hydrogens is 536 g/mol. The molecule has 41 heavy (non-hydrogen) atoms. The molecule has 2 unspecified atom stereocenters. The number of nitrogens with one attached hydrogen (secondary N) is 1. The minimum atomic E-state index is -2.96. The Morgan fingerprint density at radius 3 is 2.39 bits per heavy atom. The summed E-state index contributed by atoms with van der Waals surface area (Å²) in [6.07, 6.45) is 1.79. The summed E-state index contributed by atoms with van der Waals surface area (Å²) >= 11 is 0. The van der Waals surface area contributed by atoms with Crippen molar-refractivity contribution in [2.75, 3.05) is 32.7 Å². The number of carbonyl (C=O) groups is 3. The first kappa shape index (κ1) is 29.2. The number of amides is 3. The maximum Gasteiger partial charge on any atom is 0.410 e. The van der Waals surface area contributed by atoms with Crippen molar-refractivity contribution < 1.29 is 27.9 Å². The molecular formula is C29H39F2N5O5. The monoisotopic (exact) mass is 575 g/mol. The third-order valence-corrected chi connectivity index (χ3v) is 8.50. The fraction of sp³-hybridized carbons (Fsp3) is 0.655. The molecule has 1 N–H and O–H groups in total. The molecule has 3 aliphatic rings. The topological polar surface area (TPSA) is 106 Å². The SMILES string of the molecule is Cn1c(=O)n(C2CCC(=O)NC2=O)c2ccc(C3CCN(CC4CCN(C(=O)OC(C)(C)C)CC4)CC3(F)F)cc21. The fourth-order valence-corrected chi connectivity index (χ4v) is 6.39. The van der Waals surface area contributed by atoms with Crippen LogP contribution in [0.2, 0.25) is 0 Å². The summed E-state index contributed by atoms with van der Waals surface area (Å²) in [5.41, 5.74) is 0.441. The molecule has 10 nitrogen and oxygen atoms in total. The summed E-state index contributed by atoms with van der Waals surface area (Å²) in [6, 6.07) is 4.08. The maximum atomic E-state index is 15.6. The molecule has 0 saturated carbocycles. The number of nitrogens with zero attached hydrogens (tertiary/aromatic N) is 4. The Bertz CT molecular complexity index is 1400. The van der Waals surface area contributed by atoms with Gasteiger partial charge in [-0.25, -0.2) is 18.4 Å². The number of halogens is 2. The molecule has 2 atom stereocenters. The van der Waals surface area contributed by atoms with Crippen molar-refractivity contribution >= 4 is 28.9 Å². The molecule has 3 aliphatic heterocycles. The van der Waals surface area contributed by atoms with Crippen LogP contribution < -0.4 is 11.0 Å². The fourth-order valence-electron chi connectivity index (χ4n) is 6.39. The van der Waals surface area contributed by atoms with Gasteiger partial charge in [0.25, 0.3) is 5.92 Å². The zero-order valence-corrected chi connectivity index (χ0v) is 24.1. The van der Waals surface area contributed by atoms with Gasteiger partial charge >= 0.3 is 11.8 Å². The van der Waals surface area contributed by atoms with E-state index in [1.165, 1.54) is 9.13 Å². The van der Waals surface area contributed by atoms with Crippen molar-refractivity contribution in [3.8, 4) is 0 Å². The summed E-state index contributed by atoms with van der Waals surface area (Å²) in [6.45, 7) is 7.35. The predicted molar refractivity (Wildman–Crippen MR) is 148 cm³/mol. The number of fused-ring (bicyclic) bond motifs is 1. The Balaban J connectivity index is 1.24. The number of likely N-dealkylation sites (tertiary alicyclic amines) is 2. The lowest BCUT2D eigenvalue weighted by molar-refractivity contribution is -0.135. The Hall–Kier alpha value is -3.28. The number of alkyl halides is 2. The Morgan fingerprint density at radius 1 is 1.05 bits per heavy atom. The summed E-state index contributed by atoms with van der Waals surface area (Å²) in [5.74, 6) is -4.63. The van der Waals surface area contributed by atoms with Crippen LogP contribution in [0.3, 0.4) is 0 Å². The van der Waals surface area contributed by atoms with E-state index in [0.717, 1.165) is 12.8 Å². The Labute approximate surface area is 237 Å². The van der Waals surface area contributed by atoms with Gasteiger partial charge in [-0.1, -0.05) is 6.07 Å². The number of hydrogen-bond donors (Lipinski definition) is 1. The van der Waals surface area contributed by atoms with Crippen LogP contribution in [-0.2, 0) is 21.4 Å². The number of imidazole rings is 1. The van der Waals surface area contributed by atoms with Gasteiger partial charge < -0.3 is 9.64 Å². The van der Waals surface area contributed by atoms with Gasteiger partial charge in [-0.3, -0.25) is 28.9 Å². The molecule has 224 valence electrons. The number of aryl methyl sites for hydroxylation is 1. The highest BCUT2D eigenvalue weighted by Crippen LogP contribution is 2.41. The van der Waals surface area contributed by atoms with Crippen molar-refractivity contribution in [3.05, 3.63) is 34.2 Å². The first-order chi connectivity index (χ1) is 19.2. The van der Waals surface area contributed by atoms with Crippen LogP contribution in [0, 0.1) is 5.92 Å². The summed E-state index contributed by atoms with van der Waals surface area (Å²) in [7, 11) is 1.56. The van der Waals surface area contributed by atoms with E-state index in [4.69, 9.17) is 4.74 Å². The molecule has 2 aromatic rings. The van der Waals surface area contributed by atoms with Crippen LogP contribution in [0.15, 0.2) is 23.0 Å². The van der Waals surface area contributed by atoms with Crippen LogP contribution in [0.5, 0.6) is 0 Å². The Kier molecular flexibility index (Phi) is 7.73.